The third-order valence-corrected chi connectivity index (χ3v) is 4.06. The van der Waals surface area contributed by atoms with Crippen LogP contribution in [0.15, 0.2) is 6.07 Å². The second-order valence-corrected chi connectivity index (χ2v) is 5.42. The van der Waals surface area contributed by atoms with Gasteiger partial charge in [0.15, 0.2) is 0 Å². The molecule has 0 amide bonds. The van der Waals surface area contributed by atoms with E-state index < -0.39 is 0 Å². The van der Waals surface area contributed by atoms with Crippen LogP contribution in [0, 0.1) is 6.92 Å². The Morgan fingerprint density at radius 3 is 2.61 bits per heavy atom. The van der Waals surface area contributed by atoms with E-state index in [0.29, 0.717) is 5.92 Å². The minimum atomic E-state index is 0.674. The Morgan fingerprint density at radius 1 is 1.17 bits per heavy atom. The maximum atomic E-state index is 4.66. The van der Waals surface area contributed by atoms with Crippen LogP contribution in [0.1, 0.15) is 43.1 Å². The minimum Gasteiger partial charge on any atom is -0.354 e. The van der Waals surface area contributed by atoms with Gasteiger partial charge in [-0.2, -0.15) is 0 Å². The third kappa shape index (κ3) is 2.48. The average Bonchev–Trinajstić information content (AvgIpc) is 2.93. The highest BCUT2D eigenvalue weighted by molar-refractivity contribution is 5.41. The molecule has 2 heterocycles. The summed E-state index contributed by atoms with van der Waals surface area (Å²) in [5.41, 5.74) is 1.27. The van der Waals surface area contributed by atoms with Crippen molar-refractivity contribution in [3.63, 3.8) is 0 Å². The summed E-state index contributed by atoms with van der Waals surface area (Å²) in [4.78, 5) is 11.7. The Labute approximate surface area is 109 Å². The minimum absolute atomic E-state index is 0.674. The molecule has 0 aromatic carbocycles. The lowest BCUT2D eigenvalue weighted by Gasteiger charge is -2.29. The molecule has 1 aliphatic heterocycles. The molecule has 0 bridgehead atoms. The fraction of sp³-hybridized carbons (Fsp3) is 0.714. The van der Waals surface area contributed by atoms with Gasteiger partial charge in [0, 0.05) is 43.9 Å². The molecular formula is C14H22N4. The molecule has 1 aromatic rings. The van der Waals surface area contributed by atoms with Crippen LogP contribution < -0.4 is 10.2 Å². The molecule has 0 spiro atoms. The van der Waals surface area contributed by atoms with Crippen molar-refractivity contribution in [2.45, 2.75) is 38.5 Å². The molecule has 4 heteroatoms. The molecular weight excluding hydrogens is 224 g/mol. The number of rotatable bonds is 2. The smallest absolute Gasteiger partial charge is 0.132 e. The van der Waals surface area contributed by atoms with Gasteiger partial charge in [-0.05, 0) is 19.8 Å². The number of piperazine rings is 1. The third-order valence-electron chi connectivity index (χ3n) is 4.06. The largest absolute Gasteiger partial charge is 0.354 e. The van der Waals surface area contributed by atoms with Gasteiger partial charge in [-0.15, -0.1) is 0 Å². The van der Waals surface area contributed by atoms with E-state index in [1.54, 1.807) is 0 Å². The molecule has 2 aliphatic rings. The first kappa shape index (κ1) is 11.9. The van der Waals surface area contributed by atoms with Crippen molar-refractivity contribution >= 4 is 5.82 Å². The van der Waals surface area contributed by atoms with Gasteiger partial charge < -0.3 is 10.2 Å². The molecule has 4 nitrogen and oxygen atoms in total. The highest BCUT2D eigenvalue weighted by atomic mass is 15.2. The second kappa shape index (κ2) is 5.22. The molecule has 0 unspecified atom stereocenters. The predicted octanol–water partition coefficient (Wildman–Crippen LogP) is 1.85. The molecule has 2 fully saturated rings. The Bertz CT molecular complexity index is 406. The number of aryl methyl sites for hydroxylation is 1. The van der Waals surface area contributed by atoms with Crippen LogP contribution in [-0.4, -0.2) is 36.1 Å². The lowest BCUT2D eigenvalue weighted by molar-refractivity contribution is 0.582. The van der Waals surface area contributed by atoms with Crippen LogP contribution in [0.25, 0.3) is 0 Å². The van der Waals surface area contributed by atoms with Crippen molar-refractivity contribution in [3.8, 4) is 0 Å². The van der Waals surface area contributed by atoms with Crippen molar-refractivity contribution in [2.24, 2.45) is 0 Å². The van der Waals surface area contributed by atoms with Gasteiger partial charge in [0.25, 0.3) is 0 Å². The summed E-state index contributed by atoms with van der Waals surface area (Å²) in [6.07, 6.45) is 5.32. The van der Waals surface area contributed by atoms with Gasteiger partial charge in [0.1, 0.15) is 11.6 Å². The van der Waals surface area contributed by atoms with Crippen molar-refractivity contribution in [1.82, 2.24) is 15.3 Å². The summed E-state index contributed by atoms with van der Waals surface area (Å²) >= 11 is 0. The topological polar surface area (TPSA) is 41.1 Å². The first-order chi connectivity index (χ1) is 8.83. The molecule has 1 aliphatic carbocycles. The maximum Gasteiger partial charge on any atom is 0.132 e. The average molecular weight is 246 g/mol. The van der Waals surface area contributed by atoms with Gasteiger partial charge in [0.2, 0.25) is 0 Å². The number of anilines is 1. The van der Waals surface area contributed by atoms with Gasteiger partial charge in [-0.1, -0.05) is 12.8 Å². The Morgan fingerprint density at radius 2 is 1.89 bits per heavy atom. The van der Waals surface area contributed by atoms with Crippen molar-refractivity contribution in [2.75, 3.05) is 31.1 Å². The Hall–Kier alpha value is -1.16. The summed E-state index contributed by atoms with van der Waals surface area (Å²) < 4.78 is 0. The van der Waals surface area contributed by atoms with E-state index in [2.05, 4.69) is 26.3 Å². The van der Waals surface area contributed by atoms with Gasteiger partial charge in [-0.3, -0.25) is 0 Å². The summed E-state index contributed by atoms with van der Waals surface area (Å²) in [6, 6.07) is 2.23. The van der Waals surface area contributed by atoms with Crippen LogP contribution in [0.5, 0.6) is 0 Å². The lowest BCUT2D eigenvalue weighted by Crippen LogP contribution is -2.44. The second-order valence-electron chi connectivity index (χ2n) is 5.42. The highest BCUT2D eigenvalue weighted by Crippen LogP contribution is 2.34. The molecule has 1 aromatic heterocycles. The first-order valence-corrected chi connectivity index (χ1v) is 7.14. The van der Waals surface area contributed by atoms with Gasteiger partial charge in [0.05, 0.1) is 0 Å². The summed E-state index contributed by atoms with van der Waals surface area (Å²) in [6.45, 7) is 6.24. The quantitative estimate of drug-likeness (QED) is 0.864. The van der Waals surface area contributed by atoms with Crippen LogP contribution in [0.3, 0.4) is 0 Å². The molecule has 18 heavy (non-hydrogen) atoms. The van der Waals surface area contributed by atoms with E-state index in [9.17, 15) is 0 Å². The molecule has 3 rings (SSSR count). The zero-order chi connectivity index (χ0) is 12.4. The summed E-state index contributed by atoms with van der Waals surface area (Å²) in [5, 5.41) is 3.38. The van der Waals surface area contributed by atoms with Gasteiger partial charge >= 0.3 is 0 Å². The van der Waals surface area contributed by atoms with E-state index in [4.69, 9.17) is 0 Å². The van der Waals surface area contributed by atoms with Crippen molar-refractivity contribution < 1.29 is 0 Å². The first-order valence-electron chi connectivity index (χ1n) is 7.14. The van der Waals surface area contributed by atoms with Crippen molar-refractivity contribution in [3.05, 3.63) is 17.6 Å². The number of hydrogen-bond donors (Lipinski definition) is 1. The van der Waals surface area contributed by atoms with Crippen LogP contribution in [0.2, 0.25) is 0 Å². The highest BCUT2D eigenvalue weighted by Gasteiger charge is 2.21. The molecule has 1 saturated carbocycles. The molecule has 1 saturated heterocycles. The molecule has 0 radical (unpaired) electrons. The van der Waals surface area contributed by atoms with E-state index >= 15 is 0 Å². The zero-order valence-corrected chi connectivity index (χ0v) is 11.2. The Balaban J connectivity index is 1.84. The van der Waals surface area contributed by atoms with E-state index in [0.717, 1.165) is 37.8 Å². The van der Waals surface area contributed by atoms with Crippen LogP contribution in [0.4, 0.5) is 5.82 Å². The predicted molar refractivity (Wildman–Crippen MR) is 73.1 cm³/mol. The molecule has 98 valence electrons. The zero-order valence-electron chi connectivity index (χ0n) is 11.2. The fourth-order valence-corrected chi connectivity index (χ4v) is 3.06. The van der Waals surface area contributed by atoms with Gasteiger partial charge in [-0.25, -0.2) is 9.97 Å². The van der Waals surface area contributed by atoms with Crippen LogP contribution in [-0.2, 0) is 0 Å². The number of aromatic nitrogens is 2. The number of hydrogen-bond acceptors (Lipinski definition) is 4. The van der Waals surface area contributed by atoms with Crippen molar-refractivity contribution in [1.29, 1.82) is 0 Å². The fourth-order valence-electron chi connectivity index (χ4n) is 3.06. The number of nitrogens with one attached hydrogen (secondary N) is 1. The van der Waals surface area contributed by atoms with E-state index in [1.165, 1.54) is 31.4 Å². The summed E-state index contributed by atoms with van der Waals surface area (Å²) in [7, 11) is 0. The SMILES string of the molecule is Cc1nc(C2CCCC2)cc(N2CCNCC2)n1. The van der Waals surface area contributed by atoms with Crippen LogP contribution >= 0.6 is 0 Å². The summed E-state index contributed by atoms with van der Waals surface area (Å²) in [5.74, 6) is 2.73. The monoisotopic (exact) mass is 246 g/mol. The molecule has 1 N–H and O–H groups in total. The Kier molecular flexibility index (Phi) is 3.46. The van der Waals surface area contributed by atoms with E-state index in [-0.39, 0.29) is 0 Å². The standard InChI is InChI=1S/C14H22N4/c1-11-16-13(12-4-2-3-5-12)10-14(17-11)18-8-6-15-7-9-18/h10,12,15H,2-9H2,1H3. The lowest BCUT2D eigenvalue weighted by atomic mass is 10.0. The maximum absolute atomic E-state index is 4.66. The molecule has 0 atom stereocenters. The number of nitrogens with zero attached hydrogens (tertiary/aromatic N) is 3. The van der Waals surface area contributed by atoms with E-state index in [1.807, 2.05) is 6.92 Å². The normalized spacial score (nSPS) is 21.5.